The topological polar surface area (TPSA) is 43.9 Å². The molecule has 1 atom stereocenters. The molecule has 0 radical (unpaired) electrons. The van der Waals surface area contributed by atoms with E-state index in [1.807, 2.05) is 11.9 Å². The highest BCUT2D eigenvalue weighted by Crippen LogP contribution is 2.34. The van der Waals surface area contributed by atoms with Gasteiger partial charge in [0.15, 0.2) is 0 Å². The number of likely N-dealkylation sites (tertiary alicyclic amines) is 1. The van der Waals surface area contributed by atoms with Crippen molar-refractivity contribution in [2.45, 2.75) is 18.1 Å². The molecule has 1 spiro atoms. The number of likely N-dealkylation sites (N-methyl/N-ethyl adjacent to an activating group) is 1. The zero-order valence-electron chi connectivity index (χ0n) is 16.8. The van der Waals surface area contributed by atoms with Crippen molar-refractivity contribution in [1.82, 2.24) is 9.80 Å². The Kier molecular flexibility index (Phi) is 5.25. The molecule has 2 saturated heterocycles. The van der Waals surface area contributed by atoms with Crippen LogP contribution in [0.4, 0.5) is 23.2 Å². The fourth-order valence-corrected chi connectivity index (χ4v) is 4.29. The Morgan fingerprint density at radius 2 is 1.77 bits per heavy atom. The Morgan fingerprint density at radius 3 is 2.42 bits per heavy atom. The van der Waals surface area contributed by atoms with E-state index in [1.54, 1.807) is 11.0 Å². The van der Waals surface area contributed by atoms with Crippen molar-refractivity contribution in [2.75, 3.05) is 38.1 Å². The number of benzene rings is 2. The van der Waals surface area contributed by atoms with Crippen LogP contribution >= 0.6 is 0 Å². The number of anilines is 1. The third-order valence-electron chi connectivity index (χ3n) is 6.13. The molecule has 2 aromatic rings. The van der Waals surface area contributed by atoms with Crippen LogP contribution in [0.15, 0.2) is 48.5 Å². The van der Waals surface area contributed by atoms with Crippen molar-refractivity contribution >= 4 is 17.5 Å². The van der Waals surface area contributed by atoms with Gasteiger partial charge in [-0.05, 0) is 55.9 Å². The quantitative estimate of drug-likeness (QED) is 0.680. The summed E-state index contributed by atoms with van der Waals surface area (Å²) in [7, 11) is 1.81. The Hall–Kier alpha value is -2.94. The van der Waals surface area contributed by atoms with Crippen LogP contribution in [-0.2, 0) is 11.0 Å². The Bertz CT molecular complexity index is 1010. The lowest BCUT2D eigenvalue weighted by Gasteiger charge is -2.46. The van der Waals surface area contributed by atoms with Gasteiger partial charge in [0.1, 0.15) is 5.82 Å². The second kappa shape index (κ2) is 7.64. The normalized spacial score (nSPS) is 22.4. The van der Waals surface area contributed by atoms with Gasteiger partial charge in [0.05, 0.1) is 17.6 Å². The first kappa shape index (κ1) is 21.3. The molecule has 0 N–H and O–H groups in total. The van der Waals surface area contributed by atoms with Crippen LogP contribution < -0.4 is 4.90 Å². The van der Waals surface area contributed by atoms with Crippen LogP contribution in [0.25, 0.3) is 0 Å². The predicted octanol–water partition coefficient (Wildman–Crippen LogP) is 3.41. The molecular formula is C22H21F4N3O2. The Balaban J connectivity index is 1.53. The minimum atomic E-state index is -4.46. The first-order valence-corrected chi connectivity index (χ1v) is 9.83. The number of carbonyl (C=O) groups excluding carboxylic acids is 2. The van der Waals surface area contributed by atoms with E-state index in [0.29, 0.717) is 31.7 Å². The molecule has 2 amide bonds. The van der Waals surface area contributed by atoms with Crippen molar-refractivity contribution in [3.8, 4) is 0 Å². The number of hydrogen-bond acceptors (Lipinski definition) is 3. The molecule has 0 bridgehead atoms. The lowest BCUT2D eigenvalue weighted by molar-refractivity contribution is -0.137. The second-order valence-electron chi connectivity index (χ2n) is 8.09. The fourth-order valence-electron chi connectivity index (χ4n) is 4.29. The highest BCUT2D eigenvalue weighted by atomic mass is 19.4. The Morgan fingerprint density at radius 1 is 1.06 bits per heavy atom. The molecule has 9 heteroatoms. The van der Waals surface area contributed by atoms with Crippen LogP contribution in [0.2, 0.25) is 0 Å². The van der Waals surface area contributed by atoms with Crippen LogP contribution in [0.5, 0.6) is 0 Å². The van der Waals surface area contributed by atoms with Crippen LogP contribution in [0.3, 0.4) is 0 Å². The molecule has 2 fully saturated rings. The summed E-state index contributed by atoms with van der Waals surface area (Å²) in [4.78, 5) is 30.5. The minimum Gasteiger partial charge on any atom is -0.337 e. The van der Waals surface area contributed by atoms with Gasteiger partial charge in [-0.3, -0.25) is 14.5 Å². The molecule has 2 aliphatic heterocycles. The minimum absolute atomic E-state index is 0.124. The molecule has 0 saturated carbocycles. The van der Waals surface area contributed by atoms with Gasteiger partial charge in [-0.2, -0.15) is 13.2 Å². The third-order valence-corrected chi connectivity index (χ3v) is 6.13. The number of rotatable bonds is 2. The van der Waals surface area contributed by atoms with Crippen molar-refractivity contribution in [1.29, 1.82) is 0 Å². The van der Waals surface area contributed by atoms with E-state index >= 15 is 0 Å². The molecule has 0 unspecified atom stereocenters. The zero-order chi connectivity index (χ0) is 22.4. The molecule has 4 rings (SSSR count). The molecule has 2 aromatic carbocycles. The summed E-state index contributed by atoms with van der Waals surface area (Å²) in [6, 6.07) is 9.98. The van der Waals surface area contributed by atoms with Gasteiger partial charge >= 0.3 is 6.18 Å². The highest BCUT2D eigenvalue weighted by Gasteiger charge is 2.48. The molecule has 2 heterocycles. The summed E-state index contributed by atoms with van der Waals surface area (Å²) >= 11 is 0. The van der Waals surface area contributed by atoms with Crippen molar-refractivity contribution < 1.29 is 27.2 Å². The summed E-state index contributed by atoms with van der Waals surface area (Å²) in [6.45, 7) is 1.15. The first-order valence-electron chi connectivity index (χ1n) is 9.83. The maximum Gasteiger partial charge on any atom is 0.416 e. The van der Waals surface area contributed by atoms with Gasteiger partial charge in [0, 0.05) is 30.9 Å². The lowest BCUT2D eigenvalue weighted by atomic mass is 9.92. The van der Waals surface area contributed by atoms with E-state index in [-0.39, 0.29) is 23.9 Å². The first-order chi connectivity index (χ1) is 14.6. The van der Waals surface area contributed by atoms with Gasteiger partial charge in [-0.25, -0.2) is 4.39 Å². The molecule has 0 aliphatic carbocycles. The molecule has 5 nitrogen and oxygen atoms in total. The molecule has 31 heavy (non-hydrogen) atoms. The summed E-state index contributed by atoms with van der Waals surface area (Å²) in [6.07, 6.45) is -3.87. The summed E-state index contributed by atoms with van der Waals surface area (Å²) in [5, 5.41) is 0. The maximum atomic E-state index is 13.7. The average Bonchev–Trinajstić information content (AvgIpc) is 3.15. The lowest BCUT2D eigenvalue weighted by Crippen LogP contribution is -2.64. The number of amides is 2. The number of carbonyl (C=O) groups is 2. The summed E-state index contributed by atoms with van der Waals surface area (Å²) in [5.74, 6) is -0.955. The number of piperazine rings is 1. The van der Waals surface area contributed by atoms with Crippen molar-refractivity contribution in [3.63, 3.8) is 0 Å². The van der Waals surface area contributed by atoms with Crippen LogP contribution in [0.1, 0.15) is 22.3 Å². The van der Waals surface area contributed by atoms with Gasteiger partial charge in [0.25, 0.3) is 5.91 Å². The SMILES string of the molecule is CN1CC(=O)N(c2cccc(F)c2)C[C@]12CCN(C(=O)c1ccc(C(F)(F)F)cc1)C2. The third kappa shape index (κ3) is 4.01. The van der Waals surface area contributed by atoms with Crippen LogP contribution in [-0.4, -0.2) is 60.4 Å². The van der Waals surface area contributed by atoms with Crippen molar-refractivity contribution in [2.24, 2.45) is 0 Å². The van der Waals surface area contributed by atoms with E-state index in [4.69, 9.17) is 0 Å². The Labute approximate surface area is 176 Å². The van der Waals surface area contributed by atoms with Crippen LogP contribution in [0, 0.1) is 5.82 Å². The second-order valence-corrected chi connectivity index (χ2v) is 8.09. The number of nitrogens with zero attached hydrogens (tertiary/aromatic N) is 3. The summed E-state index contributed by atoms with van der Waals surface area (Å²) in [5.41, 5.74) is -0.674. The maximum absolute atomic E-state index is 13.7. The zero-order valence-corrected chi connectivity index (χ0v) is 16.8. The van der Waals surface area contributed by atoms with E-state index in [1.165, 1.54) is 35.2 Å². The number of halogens is 4. The monoisotopic (exact) mass is 435 g/mol. The molecular weight excluding hydrogens is 414 g/mol. The van der Waals surface area contributed by atoms with Crippen molar-refractivity contribution in [3.05, 3.63) is 65.5 Å². The number of alkyl halides is 3. The average molecular weight is 435 g/mol. The molecule has 164 valence electrons. The van der Waals surface area contributed by atoms with Gasteiger partial charge in [-0.15, -0.1) is 0 Å². The van der Waals surface area contributed by atoms with E-state index in [9.17, 15) is 27.2 Å². The molecule has 2 aliphatic rings. The van der Waals surface area contributed by atoms with E-state index < -0.39 is 23.1 Å². The smallest absolute Gasteiger partial charge is 0.337 e. The van der Waals surface area contributed by atoms with E-state index in [0.717, 1.165) is 12.1 Å². The summed E-state index contributed by atoms with van der Waals surface area (Å²) < 4.78 is 52.0. The van der Waals surface area contributed by atoms with E-state index in [2.05, 4.69) is 0 Å². The fraction of sp³-hybridized carbons (Fsp3) is 0.364. The van der Waals surface area contributed by atoms with Gasteiger partial charge in [-0.1, -0.05) is 6.07 Å². The highest BCUT2D eigenvalue weighted by molar-refractivity contribution is 5.97. The largest absolute Gasteiger partial charge is 0.416 e. The molecule has 0 aromatic heterocycles. The van der Waals surface area contributed by atoms with Gasteiger partial charge < -0.3 is 9.80 Å². The number of hydrogen-bond donors (Lipinski definition) is 0. The standard InChI is InChI=1S/C22H21F4N3O2/c1-27-12-19(30)29(18-4-2-3-17(23)11-18)14-21(27)9-10-28(13-21)20(31)15-5-7-16(8-6-15)22(24,25)26/h2-8,11H,9-10,12-14H2,1H3/t21-/m1/s1. The predicted molar refractivity (Wildman–Crippen MR) is 106 cm³/mol. The van der Waals surface area contributed by atoms with Gasteiger partial charge in [0.2, 0.25) is 5.91 Å².